The summed E-state index contributed by atoms with van der Waals surface area (Å²) in [6.07, 6.45) is 1.70. The van der Waals surface area contributed by atoms with Gasteiger partial charge in [-0.2, -0.15) is 0 Å². The molecule has 0 aromatic carbocycles. The summed E-state index contributed by atoms with van der Waals surface area (Å²) in [7, 11) is 0. The van der Waals surface area contributed by atoms with Crippen LogP contribution in [0.2, 0.25) is 0 Å². The maximum absolute atomic E-state index is 13.0. The summed E-state index contributed by atoms with van der Waals surface area (Å²) in [5.74, 6) is -2.22. The van der Waals surface area contributed by atoms with E-state index < -0.39 is 5.85 Å². The van der Waals surface area contributed by atoms with Gasteiger partial charge in [0.2, 0.25) is 5.85 Å². The Morgan fingerprint density at radius 3 is 2.11 bits per heavy atom. The first kappa shape index (κ1) is 7.00. The van der Waals surface area contributed by atoms with Crippen LogP contribution in [0.15, 0.2) is 0 Å². The summed E-state index contributed by atoms with van der Waals surface area (Å²) in [6, 6.07) is 0. The quantitative estimate of drug-likeness (QED) is 0.606. The maximum atomic E-state index is 13.0. The molecule has 54 valence electrons. The van der Waals surface area contributed by atoms with Gasteiger partial charge in [0.15, 0.2) is 0 Å². The molecule has 0 aliphatic heterocycles. The van der Waals surface area contributed by atoms with Gasteiger partial charge in [0, 0.05) is 11.8 Å². The normalized spacial score (nSPS) is 26.3. The van der Waals surface area contributed by atoms with Gasteiger partial charge in [0.25, 0.3) is 0 Å². The lowest BCUT2D eigenvalue weighted by molar-refractivity contribution is -0.142. The minimum absolute atomic E-state index is 0.0718. The summed E-state index contributed by atoms with van der Waals surface area (Å²) in [6.45, 7) is 3.41. The standard InChI is InChI=1S/C7H13FO/c1-5(2)7(8,9)6-3-4-6/h5-6,9H,3-4H2,1-2H3. The van der Waals surface area contributed by atoms with Gasteiger partial charge in [-0.25, -0.2) is 4.39 Å². The van der Waals surface area contributed by atoms with Crippen LogP contribution in [-0.4, -0.2) is 11.0 Å². The molecule has 0 aromatic rings. The van der Waals surface area contributed by atoms with Gasteiger partial charge in [0.1, 0.15) is 0 Å². The van der Waals surface area contributed by atoms with E-state index in [0.29, 0.717) is 0 Å². The fourth-order valence-electron chi connectivity index (χ4n) is 0.960. The molecule has 0 spiro atoms. The zero-order chi connectivity index (χ0) is 7.07. The van der Waals surface area contributed by atoms with Crippen LogP contribution in [0.3, 0.4) is 0 Å². The van der Waals surface area contributed by atoms with Crippen molar-refractivity contribution in [1.82, 2.24) is 0 Å². The van der Waals surface area contributed by atoms with Gasteiger partial charge in [0.05, 0.1) is 0 Å². The number of aliphatic hydroxyl groups is 1. The molecule has 0 radical (unpaired) electrons. The second kappa shape index (κ2) is 1.94. The van der Waals surface area contributed by atoms with Gasteiger partial charge in [-0.3, -0.25) is 0 Å². The molecule has 0 bridgehead atoms. The SMILES string of the molecule is CC(C)C(O)(F)C1CC1. The highest BCUT2D eigenvalue weighted by molar-refractivity contribution is 4.88. The summed E-state index contributed by atoms with van der Waals surface area (Å²) < 4.78 is 13.0. The number of alkyl halides is 1. The van der Waals surface area contributed by atoms with Crippen LogP contribution in [0.4, 0.5) is 4.39 Å². The molecule has 1 unspecified atom stereocenters. The first-order valence-corrected chi connectivity index (χ1v) is 3.46. The van der Waals surface area contributed by atoms with E-state index in [1.807, 2.05) is 0 Å². The Morgan fingerprint density at radius 2 is 2.00 bits per heavy atom. The zero-order valence-electron chi connectivity index (χ0n) is 5.89. The first-order valence-electron chi connectivity index (χ1n) is 3.46. The third kappa shape index (κ3) is 1.23. The molecule has 0 heterocycles. The number of hydrogen-bond donors (Lipinski definition) is 1. The second-order valence-corrected chi connectivity index (χ2v) is 3.16. The Labute approximate surface area is 54.9 Å². The molecule has 1 fully saturated rings. The van der Waals surface area contributed by atoms with Crippen molar-refractivity contribution in [2.24, 2.45) is 11.8 Å². The summed E-state index contributed by atoms with van der Waals surface area (Å²) in [4.78, 5) is 0. The van der Waals surface area contributed by atoms with E-state index in [2.05, 4.69) is 0 Å². The van der Waals surface area contributed by atoms with Gasteiger partial charge in [-0.1, -0.05) is 13.8 Å². The number of rotatable bonds is 2. The van der Waals surface area contributed by atoms with Crippen molar-refractivity contribution < 1.29 is 9.50 Å². The van der Waals surface area contributed by atoms with Crippen LogP contribution in [0, 0.1) is 11.8 Å². The molecule has 9 heavy (non-hydrogen) atoms. The lowest BCUT2D eigenvalue weighted by atomic mass is 10.0. The van der Waals surface area contributed by atoms with Crippen molar-refractivity contribution in [3.63, 3.8) is 0 Å². The fourth-order valence-corrected chi connectivity index (χ4v) is 0.960. The zero-order valence-corrected chi connectivity index (χ0v) is 5.89. The van der Waals surface area contributed by atoms with Crippen LogP contribution in [0.1, 0.15) is 26.7 Å². The van der Waals surface area contributed by atoms with E-state index in [0.717, 1.165) is 12.8 Å². The molecule has 0 saturated heterocycles. The molecule has 1 rings (SSSR count). The Morgan fingerprint density at radius 1 is 1.56 bits per heavy atom. The second-order valence-electron chi connectivity index (χ2n) is 3.16. The highest BCUT2D eigenvalue weighted by atomic mass is 19.2. The van der Waals surface area contributed by atoms with Crippen LogP contribution in [0.25, 0.3) is 0 Å². The van der Waals surface area contributed by atoms with E-state index in [4.69, 9.17) is 5.11 Å². The van der Waals surface area contributed by atoms with Crippen molar-refractivity contribution in [2.75, 3.05) is 0 Å². The van der Waals surface area contributed by atoms with Gasteiger partial charge >= 0.3 is 0 Å². The number of halogens is 1. The monoisotopic (exact) mass is 132 g/mol. The average Bonchev–Trinajstić information content (AvgIpc) is 2.42. The maximum Gasteiger partial charge on any atom is 0.211 e. The summed E-state index contributed by atoms with van der Waals surface area (Å²) in [5.41, 5.74) is 0. The lowest BCUT2D eigenvalue weighted by Gasteiger charge is -2.22. The molecule has 1 saturated carbocycles. The minimum Gasteiger partial charge on any atom is -0.361 e. The van der Waals surface area contributed by atoms with Crippen molar-refractivity contribution in [3.05, 3.63) is 0 Å². The highest BCUT2D eigenvalue weighted by Gasteiger charge is 2.46. The average molecular weight is 132 g/mol. The first-order chi connectivity index (χ1) is 4.05. The van der Waals surface area contributed by atoms with Crippen LogP contribution in [-0.2, 0) is 0 Å². The van der Waals surface area contributed by atoms with Crippen LogP contribution < -0.4 is 0 Å². The van der Waals surface area contributed by atoms with Crippen molar-refractivity contribution in [3.8, 4) is 0 Å². The molecule has 1 atom stereocenters. The van der Waals surface area contributed by atoms with Gasteiger partial charge < -0.3 is 5.11 Å². The number of hydrogen-bond acceptors (Lipinski definition) is 1. The van der Waals surface area contributed by atoms with Crippen molar-refractivity contribution >= 4 is 0 Å². The van der Waals surface area contributed by atoms with Crippen LogP contribution >= 0.6 is 0 Å². The molecule has 2 heteroatoms. The van der Waals surface area contributed by atoms with Gasteiger partial charge in [-0.05, 0) is 12.8 Å². The molecule has 1 N–H and O–H groups in total. The summed E-state index contributed by atoms with van der Waals surface area (Å²) >= 11 is 0. The Balaban J connectivity index is 2.48. The van der Waals surface area contributed by atoms with E-state index in [1.54, 1.807) is 13.8 Å². The highest BCUT2D eigenvalue weighted by Crippen LogP contribution is 2.44. The molecule has 1 aliphatic carbocycles. The molecule has 0 amide bonds. The topological polar surface area (TPSA) is 20.2 Å². The third-order valence-electron chi connectivity index (χ3n) is 1.96. The molecular weight excluding hydrogens is 119 g/mol. The van der Waals surface area contributed by atoms with E-state index in [1.165, 1.54) is 0 Å². The fraction of sp³-hybridized carbons (Fsp3) is 1.00. The largest absolute Gasteiger partial charge is 0.361 e. The Bertz CT molecular complexity index is 101. The third-order valence-corrected chi connectivity index (χ3v) is 1.96. The van der Waals surface area contributed by atoms with Gasteiger partial charge in [-0.15, -0.1) is 0 Å². The summed E-state index contributed by atoms with van der Waals surface area (Å²) in [5, 5.41) is 9.06. The molecule has 1 nitrogen and oxygen atoms in total. The molecular formula is C7H13FO. The Kier molecular flexibility index (Phi) is 1.51. The van der Waals surface area contributed by atoms with E-state index >= 15 is 0 Å². The molecule has 0 aromatic heterocycles. The van der Waals surface area contributed by atoms with Crippen molar-refractivity contribution in [1.29, 1.82) is 0 Å². The van der Waals surface area contributed by atoms with E-state index in [-0.39, 0.29) is 11.8 Å². The van der Waals surface area contributed by atoms with E-state index in [9.17, 15) is 4.39 Å². The predicted molar refractivity (Wildman–Crippen MR) is 33.6 cm³/mol. The Hall–Kier alpha value is -0.110. The smallest absolute Gasteiger partial charge is 0.211 e. The van der Waals surface area contributed by atoms with Crippen LogP contribution in [0.5, 0.6) is 0 Å². The minimum atomic E-state index is -1.89. The molecule has 1 aliphatic rings. The lowest BCUT2D eigenvalue weighted by Crippen LogP contribution is -2.31. The van der Waals surface area contributed by atoms with Crippen molar-refractivity contribution in [2.45, 2.75) is 32.5 Å². The predicted octanol–water partition coefficient (Wildman–Crippen LogP) is 1.71.